The van der Waals surface area contributed by atoms with Crippen molar-refractivity contribution >= 4 is 29.2 Å². The average Bonchev–Trinajstić information content (AvgIpc) is 2.93. The summed E-state index contributed by atoms with van der Waals surface area (Å²) >= 11 is 1.50. The number of aromatic nitrogens is 1. The highest BCUT2D eigenvalue weighted by molar-refractivity contribution is 7.12. The standard InChI is InChI=1S/C17H17NO4S/c1-17(2,3)16-18-9-11(23-16)5-7-13(19)12-6-4-10(15(21)22)8-14(12)20/h4-9,20H,1-3H3,(H,21,22). The maximum absolute atomic E-state index is 12.1. The monoisotopic (exact) mass is 331 g/mol. The van der Waals surface area contributed by atoms with Crippen LogP contribution < -0.4 is 0 Å². The second-order valence-electron chi connectivity index (χ2n) is 6.05. The average molecular weight is 331 g/mol. The van der Waals surface area contributed by atoms with E-state index in [0.717, 1.165) is 16.0 Å². The maximum atomic E-state index is 12.1. The third-order valence-corrected chi connectivity index (χ3v) is 4.46. The number of aromatic carboxylic acids is 1. The number of nitrogens with zero attached hydrogens (tertiary/aromatic N) is 1. The van der Waals surface area contributed by atoms with E-state index < -0.39 is 11.8 Å². The molecule has 0 saturated carbocycles. The van der Waals surface area contributed by atoms with Crippen molar-refractivity contribution in [3.05, 3.63) is 51.5 Å². The van der Waals surface area contributed by atoms with Gasteiger partial charge in [0, 0.05) is 16.5 Å². The number of benzene rings is 1. The number of hydrogen-bond donors (Lipinski definition) is 2. The van der Waals surface area contributed by atoms with Gasteiger partial charge in [-0.25, -0.2) is 9.78 Å². The summed E-state index contributed by atoms with van der Waals surface area (Å²) in [5.41, 5.74) is -0.0572. The van der Waals surface area contributed by atoms with Crippen LogP contribution in [0.1, 0.15) is 51.4 Å². The quantitative estimate of drug-likeness (QED) is 0.658. The van der Waals surface area contributed by atoms with Crippen LogP contribution in [0.25, 0.3) is 6.08 Å². The lowest BCUT2D eigenvalue weighted by atomic mass is 9.98. The number of carboxylic acid groups (broad SMARTS) is 1. The molecule has 120 valence electrons. The Morgan fingerprint density at radius 1 is 1.26 bits per heavy atom. The SMILES string of the molecule is CC(C)(C)c1ncc(C=CC(=O)c2ccc(C(=O)O)cc2O)s1. The molecule has 0 aliphatic rings. The van der Waals surface area contributed by atoms with E-state index in [-0.39, 0.29) is 22.3 Å². The number of aromatic hydroxyl groups is 1. The molecule has 1 aromatic heterocycles. The van der Waals surface area contributed by atoms with Crippen molar-refractivity contribution in [3.8, 4) is 5.75 Å². The van der Waals surface area contributed by atoms with Crippen molar-refractivity contribution in [1.82, 2.24) is 4.98 Å². The zero-order valence-electron chi connectivity index (χ0n) is 13.0. The Hall–Kier alpha value is -2.47. The zero-order chi connectivity index (χ0) is 17.2. The Morgan fingerprint density at radius 2 is 1.96 bits per heavy atom. The fraction of sp³-hybridized carbons (Fsp3) is 0.235. The molecule has 2 N–H and O–H groups in total. The molecular formula is C17H17NO4S. The molecule has 0 amide bonds. The summed E-state index contributed by atoms with van der Waals surface area (Å²) < 4.78 is 0. The number of allylic oxidation sites excluding steroid dienone is 1. The second kappa shape index (κ2) is 6.34. The summed E-state index contributed by atoms with van der Waals surface area (Å²) in [7, 11) is 0. The number of hydrogen-bond acceptors (Lipinski definition) is 5. The number of phenolic OH excluding ortho intramolecular Hbond substituents is 1. The number of rotatable bonds is 4. The number of carboxylic acids is 1. The summed E-state index contributed by atoms with van der Waals surface area (Å²) in [4.78, 5) is 28.1. The first-order valence-corrected chi connectivity index (χ1v) is 7.75. The Morgan fingerprint density at radius 3 is 2.48 bits per heavy atom. The summed E-state index contributed by atoms with van der Waals surface area (Å²) in [5, 5.41) is 19.6. The molecule has 1 heterocycles. The van der Waals surface area contributed by atoms with Crippen LogP contribution in [0.5, 0.6) is 5.75 Å². The number of ketones is 1. The maximum Gasteiger partial charge on any atom is 0.335 e. The Balaban J connectivity index is 2.19. The molecule has 0 radical (unpaired) electrons. The van der Waals surface area contributed by atoms with Crippen LogP contribution in [-0.4, -0.2) is 26.9 Å². The lowest BCUT2D eigenvalue weighted by Crippen LogP contribution is -2.09. The number of thiazole rings is 1. The second-order valence-corrected chi connectivity index (χ2v) is 7.11. The fourth-order valence-corrected chi connectivity index (χ4v) is 2.71. The molecule has 0 bridgehead atoms. The third kappa shape index (κ3) is 4.04. The molecule has 0 aliphatic carbocycles. The van der Waals surface area contributed by atoms with Gasteiger partial charge in [-0.15, -0.1) is 11.3 Å². The molecular weight excluding hydrogens is 314 g/mol. The van der Waals surface area contributed by atoms with Crippen molar-refractivity contribution in [2.24, 2.45) is 0 Å². The lowest BCUT2D eigenvalue weighted by molar-refractivity contribution is 0.0696. The number of carbonyl (C=O) groups excluding carboxylic acids is 1. The van der Waals surface area contributed by atoms with Gasteiger partial charge >= 0.3 is 5.97 Å². The Bertz CT molecular complexity index is 784. The zero-order valence-corrected chi connectivity index (χ0v) is 13.8. The van der Waals surface area contributed by atoms with Crippen LogP contribution in [0.4, 0.5) is 0 Å². The Labute approximate surface area is 137 Å². The van der Waals surface area contributed by atoms with E-state index >= 15 is 0 Å². The molecule has 6 heteroatoms. The van der Waals surface area contributed by atoms with Gasteiger partial charge in [0.15, 0.2) is 5.78 Å². The van der Waals surface area contributed by atoms with Gasteiger partial charge in [-0.1, -0.05) is 20.8 Å². The summed E-state index contributed by atoms with van der Waals surface area (Å²) in [5.74, 6) is -1.90. The van der Waals surface area contributed by atoms with Crippen molar-refractivity contribution in [2.75, 3.05) is 0 Å². The summed E-state index contributed by atoms with van der Waals surface area (Å²) in [6.07, 6.45) is 4.68. The van der Waals surface area contributed by atoms with Gasteiger partial charge in [-0.2, -0.15) is 0 Å². The van der Waals surface area contributed by atoms with Gasteiger partial charge in [0.25, 0.3) is 0 Å². The molecule has 0 fully saturated rings. The number of phenols is 1. The van der Waals surface area contributed by atoms with E-state index in [2.05, 4.69) is 25.8 Å². The largest absolute Gasteiger partial charge is 0.507 e. The fourth-order valence-electron chi connectivity index (χ4n) is 1.83. The van der Waals surface area contributed by atoms with Crippen molar-refractivity contribution in [1.29, 1.82) is 0 Å². The minimum atomic E-state index is -1.16. The first kappa shape index (κ1) is 16.9. The minimum absolute atomic E-state index is 0.0499. The van der Waals surface area contributed by atoms with Gasteiger partial charge in [0.2, 0.25) is 0 Å². The lowest BCUT2D eigenvalue weighted by Gasteiger charge is -2.13. The van der Waals surface area contributed by atoms with Crippen LogP contribution in [-0.2, 0) is 5.41 Å². The van der Waals surface area contributed by atoms with Crippen LogP contribution >= 0.6 is 11.3 Å². The van der Waals surface area contributed by atoms with Crippen LogP contribution in [0.2, 0.25) is 0 Å². The van der Waals surface area contributed by atoms with Gasteiger partial charge in [-0.3, -0.25) is 4.79 Å². The first-order valence-electron chi connectivity index (χ1n) is 6.93. The molecule has 1 aromatic carbocycles. The molecule has 5 nitrogen and oxygen atoms in total. The van der Waals surface area contributed by atoms with Gasteiger partial charge in [0.05, 0.1) is 16.1 Å². The molecule has 0 unspecified atom stereocenters. The Kier molecular flexibility index (Phi) is 4.65. The molecule has 2 aromatic rings. The van der Waals surface area contributed by atoms with Crippen molar-refractivity contribution in [2.45, 2.75) is 26.2 Å². The molecule has 0 spiro atoms. The molecule has 23 heavy (non-hydrogen) atoms. The molecule has 0 aliphatic heterocycles. The predicted molar refractivity (Wildman–Crippen MR) is 89.2 cm³/mol. The van der Waals surface area contributed by atoms with Crippen LogP contribution in [0.15, 0.2) is 30.5 Å². The molecule has 0 atom stereocenters. The highest BCUT2D eigenvalue weighted by atomic mass is 32.1. The van der Waals surface area contributed by atoms with Crippen molar-refractivity contribution in [3.63, 3.8) is 0 Å². The van der Waals surface area contributed by atoms with E-state index in [9.17, 15) is 14.7 Å². The van der Waals surface area contributed by atoms with E-state index in [4.69, 9.17) is 5.11 Å². The highest BCUT2D eigenvalue weighted by Crippen LogP contribution is 2.27. The van der Waals surface area contributed by atoms with Gasteiger partial charge in [-0.05, 0) is 30.4 Å². The highest BCUT2D eigenvalue weighted by Gasteiger charge is 2.17. The van der Waals surface area contributed by atoms with Crippen molar-refractivity contribution < 1.29 is 19.8 Å². The normalized spacial score (nSPS) is 11.8. The van der Waals surface area contributed by atoms with E-state index in [1.165, 1.54) is 29.5 Å². The molecule has 0 saturated heterocycles. The minimum Gasteiger partial charge on any atom is -0.507 e. The summed E-state index contributed by atoms with van der Waals surface area (Å²) in [6.45, 7) is 6.19. The smallest absolute Gasteiger partial charge is 0.335 e. The van der Waals surface area contributed by atoms with E-state index in [1.807, 2.05) is 0 Å². The van der Waals surface area contributed by atoms with Crippen LogP contribution in [0, 0.1) is 0 Å². The van der Waals surface area contributed by atoms with E-state index in [1.54, 1.807) is 12.3 Å². The predicted octanol–water partition coefficient (Wildman–Crippen LogP) is 3.74. The van der Waals surface area contributed by atoms with Gasteiger partial charge in [0.1, 0.15) is 5.75 Å². The first-order chi connectivity index (χ1) is 10.7. The topological polar surface area (TPSA) is 87.5 Å². The summed E-state index contributed by atoms with van der Waals surface area (Å²) in [6, 6.07) is 3.65. The third-order valence-electron chi connectivity index (χ3n) is 3.07. The number of carbonyl (C=O) groups is 2. The van der Waals surface area contributed by atoms with Gasteiger partial charge < -0.3 is 10.2 Å². The van der Waals surface area contributed by atoms with E-state index in [0.29, 0.717) is 0 Å². The van der Waals surface area contributed by atoms with Crippen LogP contribution in [0.3, 0.4) is 0 Å². The molecule has 2 rings (SSSR count).